The minimum Gasteiger partial charge on any atom is -0.457 e. The Balaban J connectivity index is 4.49. The predicted molar refractivity (Wildman–Crippen MR) is 192 cm³/mol. The van der Waals surface area contributed by atoms with Crippen molar-refractivity contribution in [3.8, 4) is 0 Å². The van der Waals surface area contributed by atoms with E-state index in [4.69, 9.17) is 18.5 Å². The van der Waals surface area contributed by atoms with Gasteiger partial charge in [0.15, 0.2) is 0 Å². The molecule has 0 spiro atoms. The fourth-order valence-electron chi connectivity index (χ4n) is 4.09. The SMILES string of the molecule is CC/C=C\C/C=C\C/C=C\C/C=C\CCC(=O)OC(COCCCCCCCC/C=C\CCC)COP(=O)(O)OCC[N+](C)(C)C. The van der Waals surface area contributed by atoms with Crippen LogP contribution in [0.4, 0.5) is 0 Å². The van der Waals surface area contributed by atoms with Crippen molar-refractivity contribution in [2.75, 3.05) is 54.1 Å². The van der Waals surface area contributed by atoms with Crippen molar-refractivity contribution in [2.45, 2.75) is 116 Å². The summed E-state index contributed by atoms with van der Waals surface area (Å²) in [6, 6.07) is 0. The first-order valence-electron chi connectivity index (χ1n) is 17.5. The van der Waals surface area contributed by atoms with Gasteiger partial charge in [0.05, 0.1) is 34.4 Å². The summed E-state index contributed by atoms with van der Waals surface area (Å²) in [6.45, 7) is 5.29. The lowest BCUT2D eigenvalue weighted by molar-refractivity contribution is -0.870. The standard InChI is InChI=1S/C37H66NO7P/c1-6-8-10-12-14-16-18-19-20-22-24-26-28-30-37(39)45-36(35-44-46(40,41)43-33-31-38(3,4)5)34-42-32-29-27-25-23-21-17-15-13-11-9-7-2/h8,10-11,13-14,16,19-20,24,26,36H,6-7,9,12,15,17-18,21-23,25,27-35H2,1-5H3/p+1/b10-8-,13-11-,16-14-,20-19-,26-24-. The largest absolute Gasteiger partial charge is 0.472 e. The number of likely N-dealkylation sites (N-methyl/N-ethyl adjacent to an activating group) is 1. The first-order chi connectivity index (χ1) is 22.1. The van der Waals surface area contributed by atoms with E-state index in [-0.39, 0.29) is 26.2 Å². The molecule has 0 saturated heterocycles. The molecule has 0 aromatic rings. The highest BCUT2D eigenvalue weighted by molar-refractivity contribution is 7.47. The highest BCUT2D eigenvalue weighted by atomic mass is 31.2. The van der Waals surface area contributed by atoms with E-state index in [2.05, 4.69) is 62.5 Å². The molecule has 1 N–H and O–H groups in total. The molecular weight excluding hydrogens is 601 g/mol. The molecule has 266 valence electrons. The number of hydrogen-bond donors (Lipinski definition) is 1. The zero-order valence-corrected chi connectivity index (χ0v) is 30.7. The van der Waals surface area contributed by atoms with E-state index in [1.165, 1.54) is 38.5 Å². The second-order valence-corrected chi connectivity index (χ2v) is 14.0. The Morgan fingerprint density at radius 3 is 1.89 bits per heavy atom. The topological polar surface area (TPSA) is 91.3 Å². The van der Waals surface area contributed by atoms with Gasteiger partial charge in [0.1, 0.15) is 19.3 Å². The number of unbranched alkanes of at least 4 members (excludes halogenated alkanes) is 7. The van der Waals surface area contributed by atoms with Gasteiger partial charge in [0.25, 0.3) is 0 Å². The number of carbonyl (C=O) groups excluding carboxylic acids is 1. The van der Waals surface area contributed by atoms with Gasteiger partial charge in [-0.05, 0) is 57.8 Å². The van der Waals surface area contributed by atoms with Gasteiger partial charge in [0, 0.05) is 13.0 Å². The van der Waals surface area contributed by atoms with Gasteiger partial charge in [0.2, 0.25) is 0 Å². The summed E-state index contributed by atoms with van der Waals surface area (Å²) in [7, 11) is 1.61. The monoisotopic (exact) mass is 668 g/mol. The minimum absolute atomic E-state index is 0.0721. The van der Waals surface area contributed by atoms with Crippen molar-refractivity contribution in [1.82, 2.24) is 0 Å². The van der Waals surface area contributed by atoms with Crippen LogP contribution in [0.15, 0.2) is 60.8 Å². The highest BCUT2D eigenvalue weighted by Crippen LogP contribution is 2.43. The third kappa shape index (κ3) is 33.6. The third-order valence-electron chi connectivity index (χ3n) is 6.81. The van der Waals surface area contributed by atoms with Crippen molar-refractivity contribution >= 4 is 13.8 Å². The fourth-order valence-corrected chi connectivity index (χ4v) is 4.84. The normalized spacial score (nSPS) is 14.8. The van der Waals surface area contributed by atoms with Gasteiger partial charge >= 0.3 is 13.8 Å². The van der Waals surface area contributed by atoms with E-state index in [1.807, 2.05) is 33.3 Å². The Morgan fingerprint density at radius 1 is 0.696 bits per heavy atom. The van der Waals surface area contributed by atoms with Crippen LogP contribution in [0, 0.1) is 0 Å². The Kier molecular flexibility index (Phi) is 29.3. The minimum atomic E-state index is -4.28. The van der Waals surface area contributed by atoms with Gasteiger partial charge < -0.3 is 18.9 Å². The number of carbonyl (C=O) groups is 1. The summed E-state index contributed by atoms with van der Waals surface area (Å²) in [6.07, 6.45) is 35.5. The molecule has 0 saturated carbocycles. The van der Waals surface area contributed by atoms with Crippen LogP contribution in [-0.4, -0.2) is 75.6 Å². The number of ether oxygens (including phenoxy) is 2. The Hall–Kier alpha value is -1.80. The van der Waals surface area contributed by atoms with Gasteiger partial charge in [-0.1, -0.05) is 107 Å². The second kappa shape index (κ2) is 30.5. The number of allylic oxidation sites excluding steroid dienone is 10. The molecule has 8 nitrogen and oxygen atoms in total. The van der Waals surface area contributed by atoms with Crippen molar-refractivity contribution in [3.63, 3.8) is 0 Å². The predicted octanol–water partition coefficient (Wildman–Crippen LogP) is 9.43. The van der Waals surface area contributed by atoms with E-state index in [0.29, 0.717) is 24.1 Å². The van der Waals surface area contributed by atoms with Crippen molar-refractivity contribution in [1.29, 1.82) is 0 Å². The molecule has 0 fully saturated rings. The molecule has 0 aromatic heterocycles. The summed E-state index contributed by atoms with van der Waals surface area (Å²) >= 11 is 0. The second-order valence-electron chi connectivity index (χ2n) is 12.5. The van der Waals surface area contributed by atoms with E-state index >= 15 is 0 Å². The summed E-state index contributed by atoms with van der Waals surface area (Å²) in [5.74, 6) is -0.400. The third-order valence-corrected chi connectivity index (χ3v) is 7.79. The average molecular weight is 669 g/mol. The zero-order valence-electron chi connectivity index (χ0n) is 29.8. The quantitative estimate of drug-likeness (QED) is 0.0259. The fraction of sp³-hybridized carbons (Fsp3) is 0.703. The van der Waals surface area contributed by atoms with Crippen LogP contribution in [0.5, 0.6) is 0 Å². The molecule has 2 atom stereocenters. The Labute approximate surface area is 281 Å². The number of esters is 1. The molecule has 0 aromatic carbocycles. The van der Waals surface area contributed by atoms with Crippen molar-refractivity contribution < 1.29 is 37.3 Å². The van der Waals surface area contributed by atoms with Crippen LogP contribution in [0.2, 0.25) is 0 Å². The van der Waals surface area contributed by atoms with Crippen LogP contribution in [0.25, 0.3) is 0 Å². The smallest absolute Gasteiger partial charge is 0.457 e. The number of rotatable bonds is 31. The molecule has 0 aliphatic rings. The van der Waals surface area contributed by atoms with Gasteiger partial charge in [-0.3, -0.25) is 13.8 Å². The number of quaternary nitrogens is 1. The number of phosphoric acid groups is 1. The summed E-state index contributed by atoms with van der Waals surface area (Å²) < 4.78 is 34.6. The number of phosphoric ester groups is 1. The van der Waals surface area contributed by atoms with E-state index < -0.39 is 19.9 Å². The molecule has 0 aliphatic heterocycles. The first-order valence-corrected chi connectivity index (χ1v) is 19.0. The molecular formula is C37H67NO7P+. The molecule has 46 heavy (non-hydrogen) atoms. The molecule has 0 rings (SSSR count). The Bertz CT molecular complexity index is 921. The Morgan fingerprint density at radius 2 is 1.26 bits per heavy atom. The lowest BCUT2D eigenvalue weighted by Gasteiger charge is -2.24. The molecule has 0 aliphatic carbocycles. The van der Waals surface area contributed by atoms with Crippen LogP contribution in [0.3, 0.4) is 0 Å². The average Bonchev–Trinajstić information content (AvgIpc) is 2.99. The maximum Gasteiger partial charge on any atom is 0.472 e. The molecule has 0 amide bonds. The molecule has 2 unspecified atom stereocenters. The lowest BCUT2D eigenvalue weighted by Crippen LogP contribution is -2.37. The van der Waals surface area contributed by atoms with Crippen molar-refractivity contribution in [2.24, 2.45) is 0 Å². The van der Waals surface area contributed by atoms with E-state index in [1.54, 1.807) is 0 Å². The zero-order chi connectivity index (χ0) is 34.2. The van der Waals surface area contributed by atoms with Crippen LogP contribution in [0.1, 0.15) is 110 Å². The molecule has 0 bridgehead atoms. The maximum absolute atomic E-state index is 12.5. The highest BCUT2D eigenvalue weighted by Gasteiger charge is 2.26. The molecule has 9 heteroatoms. The summed E-state index contributed by atoms with van der Waals surface area (Å²) in [4.78, 5) is 22.6. The van der Waals surface area contributed by atoms with E-state index in [0.717, 1.165) is 44.9 Å². The molecule has 0 heterocycles. The number of hydrogen-bond acceptors (Lipinski definition) is 6. The lowest BCUT2D eigenvalue weighted by atomic mass is 10.1. The van der Waals surface area contributed by atoms with Crippen LogP contribution in [-0.2, 0) is 27.9 Å². The van der Waals surface area contributed by atoms with E-state index in [9.17, 15) is 14.3 Å². The maximum atomic E-state index is 12.5. The van der Waals surface area contributed by atoms with Gasteiger partial charge in [-0.15, -0.1) is 0 Å². The van der Waals surface area contributed by atoms with Gasteiger partial charge in [-0.2, -0.15) is 0 Å². The van der Waals surface area contributed by atoms with Crippen molar-refractivity contribution in [3.05, 3.63) is 60.8 Å². The molecule has 0 radical (unpaired) electrons. The van der Waals surface area contributed by atoms with Crippen LogP contribution >= 0.6 is 7.82 Å². The summed E-state index contributed by atoms with van der Waals surface area (Å²) in [5, 5.41) is 0. The summed E-state index contributed by atoms with van der Waals surface area (Å²) in [5.41, 5.74) is 0. The van der Waals surface area contributed by atoms with Gasteiger partial charge in [-0.25, -0.2) is 4.57 Å². The number of nitrogens with zero attached hydrogens (tertiary/aromatic N) is 1. The van der Waals surface area contributed by atoms with Crippen LogP contribution < -0.4 is 0 Å². The first kappa shape index (κ1) is 44.2.